The van der Waals surface area contributed by atoms with Crippen LogP contribution in [0.25, 0.3) is 11.6 Å². The van der Waals surface area contributed by atoms with Crippen LogP contribution in [0.5, 0.6) is 5.75 Å². The van der Waals surface area contributed by atoms with Crippen LogP contribution in [-0.4, -0.2) is 31.3 Å². The van der Waals surface area contributed by atoms with Gasteiger partial charge in [-0.2, -0.15) is 0 Å². The van der Waals surface area contributed by atoms with E-state index in [-0.39, 0.29) is 5.57 Å². The third-order valence-corrected chi connectivity index (χ3v) is 3.66. The molecule has 1 N–H and O–H groups in total. The fraction of sp³-hybridized carbons (Fsp3) is 0.143. The van der Waals surface area contributed by atoms with Gasteiger partial charge >= 0.3 is 11.9 Å². The van der Waals surface area contributed by atoms with Gasteiger partial charge < -0.3 is 14.6 Å². The molecule has 0 radical (unpaired) electrons. The molecule has 0 saturated carbocycles. The van der Waals surface area contributed by atoms with Crippen molar-refractivity contribution in [3.8, 4) is 5.75 Å². The summed E-state index contributed by atoms with van der Waals surface area (Å²) in [5, 5.41) is 9.08. The predicted molar refractivity (Wildman–Crippen MR) is 99.7 cm³/mol. The first kappa shape index (κ1) is 19.0. The highest BCUT2D eigenvalue weighted by atomic mass is 16.5. The van der Waals surface area contributed by atoms with Crippen LogP contribution in [0, 0.1) is 0 Å². The zero-order valence-corrected chi connectivity index (χ0v) is 14.6. The molecule has 0 aromatic heterocycles. The molecule has 2 aromatic rings. The summed E-state index contributed by atoms with van der Waals surface area (Å²) in [6, 6.07) is 16.8. The number of allylic oxidation sites excluding steroid dienone is 2. The second-order valence-electron chi connectivity index (χ2n) is 5.47. The zero-order chi connectivity index (χ0) is 18.9. The number of esters is 1. The average molecular weight is 352 g/mol. The Bertz CT molecular complexity index is 817. The summed E-state index contributed by atoms with van der Waals surface area (Å²) < 4.78 is 9.87. The molecule has 0 amide bonds. The van der Waals surface area contributed by atoms with Crippen LogP contribution in [-0.2, 0) is 14.3 Å². The summed E-state index contributed by atoms with van der Waals surface area (Å²) in [6.07, 6.45) is 3.01. The van der Waals surface area contributed by atoms with Gasteiger partial charge in [0.2, 0.25) is 0 Å². The molecular weight excluding hydrogens is 332 g/mol. The number of hydrogen-bond donors (Lipinski definition) is 1. The van der Waals surface area contributed by atoms with Gasteiger partial charge in [0.15, 0.2) is 0 Å². The van der Waals surface area contributed by atoms with Crippen LogP contribution >= 0.6 is 0 Å². The topological polar surface area (TPSA) is 72.8 Å². The summed E-state index contributed by atoms with van der Waals surface area (Å²) in [5.41, 5.74) is 2.52. The number of rotatable bonds is 7. The maximum Gasteiger partial charge on any atom is 0.334 e. The quantitative estimate of drug-likeness (QED) is 0.355. The molecule has 5 nitrogen and oxygen atoms in total. The van der Waals surface area contributed by atoms with Crippen LogP contribution < -0.4 is 4.74 Å². The Hall–Kier alpha value is -3.34. The zero-order valence-electron chi connectivity index (χ0n) is 14.6. The molecule has 0 heterocycles. The first-order chi connectivity index (χ1) is 12.5. The van der Waals surface area contributed by atoms with Crippen LogP contribution in [0.1, 0.15) is 17.5 Å². The maximum absolute atomic E-state index is 12.0. The smallest absolute Gasteiger partial charge is 0.334 e. The van der Waals surface area contributed by atoms with Crippen molar-refractivity contribution in [1.29, 1.82) is 0 Å². The summed E-state index contributed by atoms with van der Waals surface area (Å²) in [5.74, 6) is -1.03. The minimum Gasteiger partial charge on any atom is -0.497 e. The van der Waals surface area contributed by atoms with Gasteiger partial charge in [-0.15, -0.1) is 0 Å². The number of methoxy groups -OCH3 is 2. The van der Waals surface area contributed by atoms with Gasteiger partial charge in [0.25, 0.3) is 0 Å². The molecule has 5 heteroatoms. The van der Waals surface area contributed by atoms with Crippen molar-refractivity contribution in [3.05, 3.63) is 77.4 Å². The lowest BCUT2D eigenvalue weighted by molar-refractivity contribution is -0.141. The van der Waals surface area contributed by atoms with Gasteiger partial charge in [-0.05, 0) is 41.0 Å². The first-order valence-electron chi connectivity index (χ1n) is 7.95. The van der Waals surface area contributed by atoms with E-state index in [1.54, 1.807) is 13.2 Å². The lowest BCUT2D eigenvalue weighted by Gasteiger charge is -2.08. The number of benzene rings is 2. The van der Waals surface area contributed by atoms with Crippen molar-refractivity contribution < 1.29 is 24.2 Å². The number of hydrogen-bond acceptors (Lipinski definition) is 4. The Morgan fingerprint density at radius 1 is 1.00 bits per heavy atom. The number of carboxylic acid groups (broad SMARTS) is 1. The second-order valence-corrected chi connectivity index (χ2v) is 5.47. The summed E-state index contributed by atoms with van der Waals surface area (Å²) in [6.45, 7) is 0. The molecule has 0 spiro atoms. The second kappa shape index (κ2) is 9.22. The van der Waals surface area contributed by atoms with Crippen LogP contribution in [0.15, 0.2) is 66.2 Å². The molecule has 0 unspecified atom stereocenters. The van der Waals surface area contributed by atoms with Gasteiger partial charge in [0, 0.05) is 5.57 Å². The van der Waals surface area contributed by atoms with Gasteiger partial charge in [0.1, 0.15) is 5.75 Å². The Morgan fingerprint density at radius 2 is 1.65 bits per heavy atom. The van der Waals surface area contributed by atoms with E-state index in [9.17, 15) is 9.59 Å². The third kappa shape index (κ3) is 5.34. The predicted octanol–water partition coefficient (Wildman–Crippen LogP) is 3.81. The Balaban J connectivity index is 2.52. The molecule has 0 aliphatic heterocycles. The van der Waals surface area contributed by atoms with E-state index >= 15 is 0 Å². The molecule has 2 aromatic carbocycles. The maximum atomic E-state index is 12.0. The van der Waals surface area contributed by atoms with E-state index < -0.39 is 18.4 Å². The van der Waals surface area contributed by atoms with Crippen LogP contribution in [0.2, 0.25) is 0 Å². The molecule has 134 valence electrons. The highest BCUT2D eigenvalue weighted by Crippen LogP contribution is 2.23. The standard InChI is InChI=1S/C21H20O5/c1-25-19-10-8-15(9-11-19)12-17(16-6-4-3-5-7-16)13-18(14-20(22)23)21(24)26-2/h3-13H,14H2,1-2H3,(H,22,23)/b17-12-,18-13+. The number of ether oxygens (including phenoxy) is 2. The van der Waals surface area contributed by atoms with E-state index in [0.717, 1.165) is 16.9 Å². The van der Waals surface area contributed by atoms with Gasteiger partial charge in [-0.1, -0.05) is 42.5 Å². The highest BCUT2D eigenvalue weighted by Gasteiger charge is 2.15. The lowest BCUT2D eigenvalue weighted by Crippen LogP contribution is -2.09. The minimum absolute atomic E-state index is 0.0728. The number of aliphatic carboxylic acids is 1. The van der Waals surface area contributed by atoms with E-state index in [0.29, 0.717) is 5.57 Å². The molecule has 0 bridgehead atoms. The number of carboxylic acids is 1. The summed E-state index contributed by atoms with van der Waals surface area (Å²) in [7, 11) is 2.82. The summed E-state index contributed by atoms with van der Waals surface area (Å²) in [4.78, 5) is 23.0. The molecule has 0 fully saturated rings. The lowest BCUT2D eigenvalue weighted by atomic mass is 9.99. The Morgan fingerprint density at radius 3 is 2.19 bits per heavy atom. The number of carbonyl (C=O) groups is 2. The molecule has 0 atom stereocenters. The molecule has 0 aliphatic carbocycles. The van der Waals surface area contributed by atoms with E-state index in [4.69, 9.17) is 14.6 Å². The van der Waals surface area contributed by atoms with Crippen LogP contribution in [0.3, 0.4) is 0 Å². The van der Waals surface area contributed by atoms with Gasteiger partial charge in [-0.25, -0.2) is 4.79 Å². The van der Waals surface area contributed by atoms with Crippen molar-refractivity contribution in [1.82, 2.24) is 0 Å². The SMILES string of the molecule is COC(=O)/C(=C/C(=C/c1ccc(OC)cc1)c1ccccc1)CC(=O)O. The Labute approximate surface area is 152 Å². The molecule has 26 heavy (non-hydrogen) atoms. The average Bonchev–Trinajstić information content (AvgIpc) is 2.67. The first-order valence-corrected chi connectivity index (χ1v) is 7.95. The monoisotopic (exact) mass is 352 g/mol. The van der Waals surface area contributed by atoms with E-state index in [1.165, 1.54) is 7.11 Å². The minimum atomic E-state index is -1.10. The normalized spacial score (nSPS) is 11.8. The molecule has 0 saturated heterocycles. The van der Waals surface area contributed by atoms with E-state index in [2.05, 4.69) is 0 Å². The van der Waals surface area contributed by atoms with Crippen molar-refractivity contribution in [3.63, 3.8) is 0 Å². The molecular formula is C21H20O5. The van der Waals surface area contributed by atoms with Crippen molar-refractivity contribution >= 4 is 23.6 Å². The van der Waals surface area contributed by atoms with Crippen molar-refractivity contribution in [2.45, 2.75) is 6.42 Å². The van der Waals surface area contributed by atoms with Crippen LogP contribution in [0.4, 0.5) is 0 Å². The summed E-state index contributed by atoms with van der Waals surface area (Å²) >= 11 is 0. The van der Waals surface area contributed by atoms with Gasteiger partial charge in [-0.3, -0.25) is 4.79 Å². The number of carbonyl (C=O) groups excluding carboxylic acids is 1. The largest absolute Gasteiger partial charge is 0.497 e. The van der Waals surface area contributed by atoms with Crippen molar-refractivity contribution in [2.24, 2.45) is 0 Å². The third-order valence-electron chi connectivity index (χ3n) is 3.66. The van der Waals surface area contributed by atoms with Gasteiger partial charge in [0.05, 0.1) is 20.6 Å². The van der Waals surface area contributed by atoms with E-state index in [1.807, 2.05) is 60.7 Å². The fourth-order valence-electron chi connectivity index (χ4n) is 2.38. The fourth-order valence-corrected chi connectivity index (χ4v) is 2.38. The Kier molecular flexibility index (Phi) is 6.74. The van der Waals surface area contributed by atoms with Crippen molar-refractivity contribution in [2.75, 3.05) is 14.2 Å². The molecule has 0 aliphatic rings. The molecule has 2 rings (SSSR count). The highest BCUT2D eigenvalue weighted by molar-refractivity contribution is 5.99.